The lowest BCUT2D eigenvalue weighted by Gasteiger charge is -2.34. The molecule has 1 aliphatic heterocycles. The molecule has 0 spiro atoms. The van der Waals surface area contributed by atoms with E-state index < -0.39 is 0 Å². The van der Waals surface area contributed by atoms with Crippen LogP contribution >= 0.6 is 11.6 Å². The Morgan fingerprint density at radius 3 is 3.06 bits per heavy atom. The van der Waals surface area contributed by atoms with E-state index in [0.29, 0.717) is 10.8 Å². The number of anilines is 1. The molecule has 18 heavy (non-hydrogen) atoms. The number of rotatable bonds is 4. The van der Waals surface area contributed by atoms with Crippen LogP contribution in [0.15, 0.2) is 18.2 Å². The van der Waals surface area contributed by atoms with E-state index in [1.165, 1.54) is 0 Å². The van der Waals surface area contributed by atoms with Crippen LogP contribution in [0.1, 0.15) is 0 Å². The van der Waals surface area contributed by atoms with Crippen molar-refractivity contribution in [2.75, 3.05) is 45.3 Å². The molecule has 0 aliphatic carbocycles. The number of hydrogen-bond acceptors (Lipinski definition) is 4. The predicted molar refractivity (Wildman–Crippen MR) is 73.9 cm³/mol. The Bertz CT molecular complexity index is 399. The fourth-order valence-corrected chi connectivity index (χ4v) is 2.41. The van der Waals surface area contributed by atoms with Crippen molar-refractivity contribution in [2.24, 2.45) is 0 Å². The highest BCUT2D eigenvalue weighted by Crippen LogP contribution is 2.29. The molecule has 5 heteroatoms. The monoisotopic (exact) mass is 270 g/mol. The highest BCUT2D eigenvalue weighted by atomic mass is 35.5. The van der Waals surface area contributed by atoms with Gasteiger partial charge in [-0.1, -0.05) is 11.6 Å². The normalized spacial score (nSPS) is 19.9. The van der Waals surface area contributed by atoms with Crippen LogP contribution in [0.3, 0.4) is 0 Å². The standard InChI is InChI=1S/C13H19ClN2O2/c1-15-8-11-9-16(5-6-18-11)10-3-4-13(17-2)12(14)7-10/h3-4,7,11,15H,5-6,8-9H2,1-2H3. The predicted octanol–water partition coefficient (Wildman–Crippen LogP) is 1.77. The van der Waals surface area contributed by atoms with Crippen LogP contribution in [0.5, 0.6) is 5.75 Å². The van der Waals surface area contributed by atoms with Crippen LogP contribution in [-0.4, -0.2) is 46.5 Å². The Balaban J connectivity index is 2.08. The highest BCUT2D eigenvalue weighted by Gasteiger charge is 2.20. The zero-order valence-electron chi connectivity index (χ0n) is 10.8. The smallest absolute Gasteiger partial charge is 0.137 e. The Hall–Kier alpha value is -0.970. The number of nitrogens with zero attached hydrogens (tertiary/aromatic N) is 1. The Morgan fingerprint density at radius 1 is 1.56 bits per heavy atom. The minimum Gasteiger partial charge on any atom is -0.495 e. The van der Waals surface area contributed by atoms with Crippen molar-refractivity contribution < 1.29 is 9.47 Å². The zero-order valence-corrected chi connectivity index (χ0v) is 11.5. The van der Waals surface area contributed by atoms with Crippen molar-refractivity contribution >= 4 is 17.3 Å². The summed E-state index contributed by atoms with van der Waals surface area (Å²) in [5.74, 6) is 0.709. The van der Waals surface area contributed by atoms with E-state index >= 15 is 0 Å². The van der Waals surface area contributed by atoms with Gasteiger partial charge in [0.25, 0.3) is 0 Å². The number of hydrogen-bond donors (Lipinski definition) is 1. The summed E-state index contributed by atoms with van der Waals surface area (Å²) in [5, 5.41) is 3.79. The van der Waals surface area contributed by atoms with Crippen LogP contribution in [0, 0.1) is 0 Å². The quantitative estimate of drug-likeness (QED) is 0.904. The van der Waals surface area contributed by atoms with Crippen molar-refractivity contribution in [2.45, 2.75) is 6.10 Å². The maximum Gasteiger partial charge on any atom is 0.137 e. The summed E-state index contributed by atoms with van der Waals surface area (Å²) in [7, 11) is 3.56. The second kappa shape index (κ2) is 6.27. The molecule has 0 amide bonds. The van der Waals surface area contributed by atoms with Crippen LogP contribution < -0.4 is 15.0 Å². The van der Waals surface area contributed by atoms with Crippen molar-refractivity contribution in [3.63, 3.8) is 0 Å². The number of ether oxygens (including phenoxy) is 2. The molecule has 0 radical (unpaired) electrons. The third-order valence-corrected chi connectivity index (χ3v) is 3.37. The summed E-state index contributed by atoms with van der Waals surface area (Å²) < 4.78 is 10.8. The Morgan fingerprint density at radius 2 is 2.39 bits per heavy atom. The van der Waals surface area contributed by atoms with Gasteiger partial charge in [0.2, 0.25) is 0 Å². The van der Waals surface area contributed by atoms with Crippen molar-refractivity contribution in [1.82, 2.24) is 5.32 Å². The SMILES string of the molecule is CNCC1CN(c2ccc(OC)c(Cl)c2)CCO1. The van der Waals surface area contributed by atoms with E-state index in [4.69, 9.17) is 21.1 Å². The lowest BCUT2D eigenvalue weighted by molar-refractivity contribution is 0.0422. The first kappa shape index (κ1) is 13.5. The molecular formula is C13H19ClN2O2. The lowest BCUT2D eigenvalue weighted by Crippen LogP contribution is -2.46. The van der Waals surface area contributed by atoms with Gasteiger partial charge in [-0.2, -0.15) is 0 Å². The fourth-order valence-electron chi connectivity index (χ4n) is 2.16. The van der Waals surface area contributed by atoms with Crippen molar-refractivity contribution in [3.05, 3.63) is 23.2 Å². The number of likely N-dealkylation sites (N-methyl/N-ethyl adjacent to an activating group) is 1. The van der Waals surface area contributed by atoms with Crippen LogP contribution in [0.2, 0.25) is 5.02 Å². The van der Waals surface area contributed by atoms with Crippen LogP contribution in [-0.2, 0) is 4.74 Å². The molecule has 0 aromatic heterocycles. The van der Waals surface area contributed by atoms with Gasteiger partial charge < -0.3 is 19.7 Å². The highest BCUT2D eigenvalue weighted by molar-refractivity contribution is 6.32. The van der Waals surface area contributed by atoms with E-state index in [-0.39, 0.29) is 6.10 Å². The average Bonchev–Trinajstić information content (AvgIpc) is 2.39. The summed E-state index contributed by atoms with van der Waals surface area (Å²) in [6.45, 7) is 3.38. The molecule has 1 aromatic carbocycles. The van der Waals surface area contributed by atoms with Crippen LogP contribution in [0.25, 0.3) is 0 Å². The molecule has 1 heterocycles. The van der Waals surface area contributed by atoms with Gasteiger partial charge in [-0.3, -0.25) is 0 Å². The largest absolute Gasteiger partial charge is 0.495 e. The van der Waals surface area contributed by atoms with Crippen molar-refractivity contribution in [3.8, 4) is 5.75 Å². The Labute approximate surface area is 113 Å². The third-order valence-electron chi connectivity index (χ3n) is 3.07. The summed E-state index contributed by atoms with van der Waals surface area (Å²) in [6, 6.07) is 5.88. The molecule has 1 atom stereocenters. The zero-order chi connectivity index (χ0) is 13.0. The first-order valence-corrected chi connectivity index (χ1v) is 6.47. The molecule has 1 aliphatic rings. The molecule has 1 aromatic rings. The van der Waals surface area contributed by atoms with Gasteiger partial charge in [0.15, 0.2) is 0 Å². The van der Waals surface area contributed by atoms with Crippen LogP contribution in [0.4, 0.5) is 5.69 Å². The fraction of sp³-hybridized carbons (Fsp3) is 0.538. The average molecular weight is 271 g/mol. The van der Waals surface area contributed by atoms with Gasteiger partial charge in [-0.05, 0) is 25.2 Å². The lowest BCUT2D eigenvalue weighted by atomic mass is 10.2. The first-order valence-electron chi connectivity index (χ1n) is 6.09. The van der Waals surface area contributed by atoms with E-state index in [9.17, 15) is 0 Å². The number of benzene rings is 1. The van der Waals surface area contributed by atoms with E-state index in [1.807, 2.05) is 25.2 Å². The first-order chi connectivity index (χ1) is 8.74. The minimum atomic E-state index is 0.227. The molecule has 100 valence electrons. The molecule has 2 rings (SSSR count). The van der Waals surface area contributed by atoms with E-state index in [0.717, 1.165) is 31.9 Å². The van der Waals surface area contributed by atoms with E-state index in [1.54, 1.807) is 7.11 Å². The molecule has 1 saturated heterocycles. The second-order valence-corrected chi connectivity index (χ2v) is 4.72. The summed E-state index contributed by atoms with van der Waals surface area (Å²) in [5.41, 5.74) is 1.12. The summed E-state index contributed by atoms with van der Waals surface area (Å²) >= 11 is 6.15. The molecule has 1 fully saturated rings. The maximum absolute atomic E-state index is 6.15. The van der Waals surface area contributed by atoms with Gasteiger partial charge >= 0.3 is 0 Å². The van der Waals surface area contributed by atoms with Gasteiger partial charge in [0.05, 0.1) is 24.8 Å². The second-order valence-electron chi connectivity index (χ2n) is 4.32. The molecular weight excluding hydrogens is 252 g/mol. The Kier molecular flexibility index (Phi) is 4.69. The molecule has 1 N–H and O–H groups in total. The molecule has 0 bridgehead atoms. The number of nitrogens with one attached hydrogen (secondary N) is 1. The number of methoxy groups -OCH3 is 1. The third kappa shape index (κ3) is 3.07. The van der Waals surface area contributed by atoms with Gasteiger partial charge in [0.1, 0.15) is 5.75 Å². The molecule has 4 nitrogen and oxygen atoms in total. The van der Waals surface area contributed by atoms with Gasteiger partial charge in [-0.25, -0.2) is 0 Å². The minimum absolute atomic E-state index is 0.227. The maximum atomic E-state index is 6.15. The molecule has 0 saturated carbocycles. The van der Waals surface area contributed by atoms with Gasteiger partial charge in [0, 0.05) is 25.3 Å². The molecule has 1 unspecified atom stereocenters. The topological polar surface area (TPSA) is 33.7 Å². The van der Waals surface area contributed by atoms with E-state index in [2.05, 4.69) is 10.2 Å². The number of morpholine rings is 1. The summed E-state index contributed by atoms with van der Waals surface area (Å²) in [4.78, 5) is 2.29. The van der Waals surface area contributed by atoms with Crippen molar-refractivity contribution in [1.29, 1.82) is 0 Å². The summed E-state index contributed by atoms with van der Waals surface area (Å²) in [6.07, 6.45) is 0.227. The number of halogens is 1. The van der Waals surface area contributed by atoms with Gasteiger partial charge in [-0.15, -0.1) is 0 Å².